The van der Waals surface area contributed by atoms with E-state index in [2.05, 4.69) is 11.0 Å². The second-order valence-electron chi connectivity index (χ2n) is 4.25. The first kappa shape index (κ1) is 12.9. The Labute approximate surface area is 112 Å². The number of benzene rings is 1. The third kappa shape index (κ3) is 3.23. The highest BCUT2D eigenvalue weighted by molar-refractivity contribution is 5.78. The molecule has 0 aliphatic carbocycles. The number of terminal acetylenes is 1. The van der Waals surface area contributed by atoms with E-state index in [1.807, 2.05) is 36.5 Å². The first-order valence-corrected chi connectivity index (χ1v) is 5.97. The SMILES string of the molecule is C#CCN(C)C(=O)Cc1ccc(-n2cccn2)cc1. The molecule has 0 bridgehead atoms. The van der Waals surface area contributed by atoms with Crippen LogP contribution in [-0.4, -0.2) is 34.2 Å². The Hall–Kier alpha value is -2.54. The predicted molar refractivity (Wildman–Crippen MR) is 73.7 cm³/mol. The molecule has 4 nitrogen and oxygen atoms in total. The van der Waals surface area contributed by atoms with Crippen LogP contribution in [0.3, 0.4) is 0 Å². The van der Waals surface area contributed by atoms with Crippen molar-refractivity contribution >= 4 is 5.91 Å². The smallest absolute Gasteiger partial charge is 0.227 e. The lowest BCUT2D eigenvalue weighted by Gasteiger charge is -2.13. The van der Waals surface area contributed by atoms with Gasteiger partial charge in [0.15, 0.2) is 0 Å². The summed E-state index contributed by atoms with van der Waals surface area (Å²) in [5.74, 6) is 2.47. The average Bonchev–Trinajstić information content (AvgIpc) is 2.94. The average molecular weight is 253 g/mol. The standard InChI is InChI=1S/C15H15N3O/c1-3-10-17(2)15(19)12-13-5-7-14(8-6-13)18-11-4-9-16-18/h1,4-9,11H,10,12H2,2H3. The van der Waals surface area contributed by atoms with Gasteiger partial charge in [0.05, 0.1) is 18.7 Å². The summed E-state index contributed by atoms with van der Waals surface area (Å²) in [6.45, 7) is 0.338. The number of amides is 1. The Morgan fingerprint density at radius 3 is 2.74 bits per heavy atom. The van der Waals surface area contributed by atoms with Gasteiger partial charge in [-0.1, -0.05) is 18.1 Å². The largest absolute Gasteiger partial charge is 0.334 e. The summed E-state index contributed by atoms with van der Waals surface area (Å²) in [5, 5.41) is 4.15. The Kier molecular flexibility index (Phi) is 3.99. The summed E-state index contributed by atoms with van der Waals surface area (Å²) in [4.78, 5) is 13.4. The third-order valence-electron chi connectivity index (χ3n) is 2.81. The Balaban J connectivity index is 2.03. The van der Waals surface area contributed by atoms with Crippen LogP contribution in [0, 0.1) is 12.3 Å². The number of hydrogen-bond acceptors (Lipinski definition) is 2. The maximum absolute atomic E-state index is 11.8. The van der Waals surface area contributed by atoms with E-state index in [0.717, 1.165) is 11.3 Å². The van der Waals surface area contributed by atoms with E-state index in [0.29, 0.717) is 13.0 Å². The lowest BCUT2D eigenvalue weighted by Crippen LogP contribution is -2.28. The van der Waals surface area contributed by atoms with E-state index in [-0.39, 0.29) is 5.91 Å². The molecule has 0 spiro atoms. The molecule has 96 valence electrons. The molecule has 0 atom stereocenters. The van der Waals surface area contributed by atoms with Crippen molar-refractivity contribution < 1.29 is 4.79 Å². The molecule has 0 saturated heterocycles. The summed E-state index contributed by atoms with van der Waals surface area (Å²) in [5.41, 5.74) is 1.93. The lowest BCUT2D eigenvalue weighted by atomic mass is 10.1. The molecule has 0 N–H and O–H groups in total. The fourth-order valence-electron chi connectivity index (χ4n) is 1.72. The zero-order chi connectivity index (χ0) is 13.7. The monoisotopic (exact) mass is 253 g/mol. The van der Waals surface area contributed by atoms with Gasteiger partial charge in [-0.05, 0) is 23.8 Å². The van der Waals surface area contributed by atoms with Crippen molar-refractivity contribution in [3.8, 4) is 18.0 Å². The van der Waals surface area contributed by atoms with Crippen LogP contribution in [0.5, 0.6) is 0 Å². The molecule has 4 heteroatoms. The topological polar surface area (TPSA) is 38.1 Å². The fourth-order valence-corrected chi connectivity index (χ4v) is 1.72. The van der Waals surface area contributed by atoms with E-state index in [9.17, 15) is 4.79 Å². The molecule has 1 amide bonds. The summed E-state index contributed by atoms with van der Waals surface area (Å²) in [6.07, 6.45) is 9.14. The minimum Gasteiger partial charge on any atom is -0.334 e. The van der Waals surface area contributed by atoms with Crippen LogP contribution in [-0.2, 0) is 11.2 Å². The van der Waals surface area contributed by atoms with Crippen molar-refractivity contribution in [1.82, 2.24) is 14.7 Å². The molecule has 19 heavy (non-hydrogen) atoms. The van der Waals surface area contributed by atoms with Crippen LogP contribution < -0.4 is 0 Å². The molecule has 0 aliphatic heterocycles. The first-order valence-electron chi connectivity index (χ1n) is 5.97. The molecule has 2 aromatic rings. The zero-order valence-electron chi connectivity index (χ0n) is 10.8. The molecular formula is C15H15N3O. The van der Waals surface area contributed by atoms with Crippen LogP contribution in [0.1, 0.15) is 5.56 Å². The first-order chi connectivity index (χ1) is 9.20. The minimum absolute atomic E-state index is 0.0183. The van der Waals surface area contributed by atoms with Crippen molar-refractivity contribution in [3.05, 3.63) is 48.3 Å². The number of carbonyl (C=O) groups excluding carboxylic acids is 1. The quantitative estimate of drug-likeness (QED) is 0.775. The van der Waals surface area contributed by atoms with Crippen molar-refractivity contribution in [2.45, 2.75) is 6.42 Å². The number of aromatic nitrogens is 2. The van der Waals surface area contributed by atoms with Crippen molar-refractivity contribution in [2.24, 2.45) is 0 Å². The van der Waals surface area contributed by atoms with Gasteiger partial charge in [-0.15, -0.1) is 6.42 Å². The molecule has 0 saturated carbocycles. The highest BCUT2D eigenvalue weighted by Gasteiger charge is 2.08. The van der Waals surface area contributed by atoms with Crippen LogP contribution in [0.15, 0.2) is 42.7 Å². The van der Waals surface area contributed by atoms with Gasteiger partial charge in [0, 0.05) is 19.4 Å². The number of carbonyl (C=O) groups is 1. The van der Waals surface area contributed by atoms with Crippen LogP contribution in [0.4, 0.5) is 0 Å². The van der Waals surface area contributed by atoms with Gasteiger partial charge in [-0.25, -0.2) is 4.68 Å². The Bertz CT molecular complexity index is 579. The molecule has 0 aliphatic rings. The normalized spacial score (nSPS) is 9.89. The second-order valence-corrected chi connectivity index (χ2v) is 4.25. The molecule has 1 aromatic heterocycles. The zero-order valence-corrected chi connectivity index (χ0v) is 10.8. The molecule has 2 rings (SSSR count). The Morgan fingerprint density at radius 1 is 1.42 bits per heavy atom. The van der Waals surface area contributed by atoms with Gasteiger partial charge < -0.3 is 4.90 Å². The molecule has 1 aromatic carbocycles. The van der Waals surface area contributed by atoms with Crippen molar-refractivity contribution in [3.63, 3.8) is 0 Å². The molecule has 0 fully saturated rings. The summed E-state index contributed by atoms with van der Waals surface area (Å²) in [6, 6.07) is 9.61. The number of hydrogen-bond donors (Lipinski definition) is 0. The Morgan fingerprint density at radius 2 is 2.16 bits per heavy atom. The van der Waals surface area contributed by atoms with Crippen molar-refractivity contribution in [1.29, 1.82) is 0 Å². The summed E-state index contributed by atoms with van der Waals surface area (Å²) >= 11 is 0. The van der Waals surface area contributed by atoms with Crippen molar-refractivity contribution in [2.75, 3.05) is 13.6 Å². The maximum Gasteiger partial charge on any atom is 0.227 e. The van der Waals surface area contributed by atoms with E-state index in [1.165, 1.54) is 0 Å². The minimum atomic E-state index is 0.0183. The number of nitrogens with zero attached hydrogens (tertiary/aromatic N) is 3. The van der Waals surface area contributed by atoms with Gasteiger partial charge in [-0.2, -0.15) is 5.10 Å². The number of likely N-dealkylation sites (N-methyl/N-ethyl adjacent to an activating group) is 1. The van der Waals surface area contributed by atoms with E-state index in [4.69, 9.17) is 6.42 Å². The van der Waals surface area contributed by atoms with Crippen LogP contribution in [0.25, 0.3) is 5.69 Å². The van der Waals surface area contributed by atoms with Crippen LogP contribution in [0.2, 0.25) is 0 Å². The molecular weight excluding hydrogens is 238 g/mol. The second kappa shape index (κ2) is 5.87. The highest BCUT2D eigenvalue weighted by atomic mass is 16.2. The lowest BCUT2D eigenvalue weighted by molar-refractivity contribution is -0.128. The van der Waals surface area contributed by atoms with Gasteiger partial charge in [0.1, 0.15) is 0 Å². The van der Waals surface area contributed by atoms with Crippen LogP contribution >= 0.6 is 0 Å². The maximum atomic E-state index is 11.8. The van der Waals surface area contributed by atoms with E-state index in [1.54, 1.807) is 22.8 Å². The van der Waals surface area contributed by atoms with Gasteiger partial charge >= 0.3 is 0 Å². The van der Waals surface area contributed by atoms with E-state index < -0.39 is 0 Å². The van der Waals surface area contributed by atoms with Gasteiger partial charge in [0.25, 0.3) is 0 Å². The van der Waals surface area contributed by atoms with Gasteiger partial charge in [-0.3, -0.25) is 4.79 Å². The fraction of sp³-hybridized carbons (Fsp3) is 0.200. The summed E-state index contributed by atoms with van der Waals surface area (Å²) < 4.78 is 1.77. The molecule has 1 heterocycles. The van der Waals surface area contributed by atoms with Gasteiger partial charge in [0.2, 0.25) is 5.91 Å². The summed E-state index contributed by atoms with van der Waals surface area (Å²) in [7, 11) is 1.71. The highest BCUT2D eigenvalue weighted by Crippen LogP contribution is 2.09. The third-order valence-corrected chi connectivity index (χ3v) is 2.81. The van der Waals surface area contributed by atoms with E-state index >= 15 is 0 Å². The predicted octanol–water partition coefficient (Wildman–Crippen LogP) is 1.51. The molecule has 0 radical (unpaired) electrons. The molecule has 0 unspecified atom stereocenters. The number of rotatable bonds is 4.